The normalized spacial score (nSPS) is 10.3. The molecular formula is C13H17N5O2. The average Bonchev–Trinajstić information content (AvgIpc) is 2.91. The van der Waals surface area contributed by atoms with Crippen LogP contribution in [0.1, 0.15) is 28.8 Å². The van der Waals surface area contributed by atoms with Crippen molar-refractivity contribution in [3.8, 4) is 0 Å². The van der Waals surface area contributed by atoms with Crippen LogP contribution in [0.3, 0.4) is 0 Å². The van der Waals surface area contributed by atoms with Gasteiger partial charge in [-0.25, -0.2) is 4.98 Å². The Hall–Kier alpha value is -2.44. The maximum absolute atomic E-state index is 12.1. The van der Waals surface area contributed by atoms with Crippen molar-refractivity contribution in [2.45, 2.75) is 20.3 Å². The predicted molar refractivity (Wildman–Crippen MR) is 73.5 cm³/mol. The van der Waals surface area contributed by atoms with E-state index in [0.29, 0.717) is 30.2 Å². The van der Waals surface area contributed by atoms with Crippen LogP contribution in [0.2, 0.25) is 0 Å². The molecule has 0 radical (unpaired) electrons. The van der Waals surface area contributed by atoms with Crippen molar-refractivity contribution in [1.82, 2.24) is 20.4 Å². The van der Waals surface area contributed by atoms with Crippen LogP contribution in [0.15, 0.2) is 23.0 Å². The minimum absolute atomic E-state index is 0.141. The summed E-state index contributed by atoms with van der Waals surface area (Å²) < 4.78 is 4.62. The number of carbonyl (C=O) groups excluding carboxylic acids is 1. The Bertz CT molecular complexity index is 568. The lowest BCUT2D eigenvalue weighted by molar-refractivity contribution is 0.0953. The lowest BCUT2D eigenvalue weighted by Gasteiger charge is -2.08. The fourth-order valence-corrected chi connectivity index (χ4v) is 1.76. The summed E-state index contributed by atoms with van der Waals surface area (Å²) in [6, 6.07) is 3.49. The molecule has 2 aromatic heterocycles. The molecule has 2 aromatic rings. The molecule has 0 bridgehead atoms. The maximum Gasteiger partial charge on any atom is 0.251 e. The topological polar surface area (TPSA) is 92.9 Å². The fraction of sp³-hybridized carbons (Fsp3) is 0.385. The van der Waals surface area contributed by atoms with E-state index in [1.165, 1.54) is 6.39 Å². The van der Waals surface area contributed by atoms with Crippen molar-refractivity contribution in [3.05, 3.63) is 35.6 Å². The van der Waals surface area contributed by atoms with E-state index < -0.39 is 0 Å². The Balaban J connectivity index is 1.94. The van der Waals surface area contributed by atoms with Crippen LogP contribution in [-0.2, 0) is 6.42 Å². The van der Waals surface area contributed by atoms with E-state index in [-0.39, 0.29) is 5.91 Å². The molecule has 0 atom stereocenters. The van der Waals surface area contributed by atoms with Gasteiger partial charge in [0.15, 0.2) is 5.82 Å². The Kier molecular flexibility index (Phi) is 4.65. The second kappa shape index (κ2) is 6.65. The minimum atomic E-state index is -0.141. The molecule has 0 aromatic carbocycles. The van der Waals surface area contributed by atoms with Crippen LogP contribution in [0.4, 0.5) is 5.82 Å². The molecule has 0 fully saturated rings. The summed E-state index contributed by atoms with van der Waals surface area (Å²) in [5.74, 6) is 1.14. The van der Waals surface area contributed by atoms with Gasteiger partial charge in [0.1, 0.15) is 5.82 Å². The number of anilines is 1. The first-order chi connectivity index (χ1) is 9.69. The van der Waals surface area contributed by atoms with Gasteiger partial charge in [-0.15, -0.1) is 0 Å². The van der Waals surface area contributed by atoms with Gasteiger partial charge in [-0.2, -0.15) is 4.98 Å². The van der Waals surface area contributed by atoms with Gasteiger partial charge in [-0.3, -0.25) is 4.79 Å². The largest absolute Gasteiger partial charge is 0.370 e. The number of rotatable bonds is 6. The molecule has 0 unspecified atom stereocenters. The molecule has 20 heavy (non-hydrogen) atoms. The molecule has 106 valence electrons. The second-order valence-electron chi connectivity index (χ2n) is 4.27. The number of hydrogen-bond donors (Lipinski definition) is 2. The number of amides is 1. The number of nitrogens with one attached hydrogen (secondary N) is 2. The van der Waals surface area contributed by atoms with Crippen LogP contribution >= 0.6 is 0 Å². The van der Waals surface area contributed by atoms with E-state index in [2.05, 4.69) is 30.3 Å². The summed E-state index contributed by atoms with van der Waals surface area (Å²) in [6.45, 7) is 5.05. The van der Waals surface area contributed by atoms with Gasteiger partial charge in [-0.1, -0.05) is 5.16 Å². The number of nitrogens with zero attached hydrogens (tertiary/aromatic N) is 3. The first-order valence-corrected chi connectivity index (χ1v) is 6.45. The first-order valence-electron chi connectivity index (χ1n) is 6.45. The molecule has 0 aliphatic heterocycles. The highest BCUT2D eigenvalue weighted by molar-refractivity contribution is 5.95. The van der Waals surface area contributed by atoms with Gasteiger partial charge in [0, 0.05) is 30.8 Å². The highest BCUT2D eigenvalue weighted by Crippen LogP contribution is 2.10. The predicted octanol–water partition coefficient (Wildman–Crippen LogP) is 1.18. The van der Waals surface area contributed by atoms with Crippen LogP contribution in [0.5, 0.6) is 0 Å². The van der Waals surface area contributed by atoms with Gasteiger partial charge in [-0.05, 0) is 26.0 Å². The molecule has 7 nitrogen and oxygen atoms in total. The highest BCUT2D eigenvalue weighted by atomic mass is 16.5. The molecule has 2 rings (SSSR count). The average molecular weight is 275 g/mol. The van der Waals surface area contributed by atoms with Crippen molar-refractivity contribution in [2.24, 2.45) is 0 Å². The third-order valence-corrected chi connectivity index (χ3v) is 2.61. The Labute approximate surface area is 116 Å². The molecule has 7 heteroatoms. The van der Waals surface area contributed by atoms with E-state index in [1.807, 2.05) is 13.8 Å². The lowest BCUT2D eigenvalue weighted by atomic mass is 10.2. The van der Waals surface area contributed by atoms with Crippen LogP contribution in [-0.4, -0.2) is 34.1 Å². The van der Waals surface area contributed by atoms with Gasteiger partial charge in [0.2, 0.25) is 6.39 Å². The smallest absolute Gasteiger partial charge is 0.251 e. The molecule has 2 heterocycles. The van der Waals surface area contributed by atoms with Gasteiger partial charge < -0.3 is 15.2 Å². The van der Waals surface area contributed by atoms with Crippen molar-refractivity contribution in [2.75, 3.05) is 18.4 Å². The monoisotopic (exact) mass is 275 g/mol. The lowest BCUT2D eigenvalue weighted by Crippen LogP contribution is -2.26. The van der Waals surface area contributed by atoms with Gasteiger partial charge in [0.05, 0.1) is 0 Å². The SMILES string of the molecule is CCNc1cc(C(=O)NCCc2ncon2)cc(C)n1. The van der Waals surface area contributed by atoms with Gasteiger partial charge >= 0.3 is 0 Å². The van der Waals surface area contributed by atoms with E-state index in [4.69, 9.17) is 0 Å². The summed E-state index contributed by atoms with van der Waals surface area (Å²) in [7, 11) is 0. The first kappa shape index (κ1) is 14.0. The zero-order valence-electron chi connectivity index (χ0n) is 11.5. The van der Waals surface area contributed by atoms with Gasteiger partial charge in [0.25, 0.3) is 5.91 Å². The summed E-state index contributed by atoms with van der Waals surface area (Å²) in [6.07, 6.45) is 1.80. The number of aromatic nitrogens is 3. The quantitative estimate of drug-likeness (QED) is 0.822. The van der Waals surface area contributed by atoms with Crippen LogP contribution < -0.4 is 10.6 Å². The molecule has 1 amide bonds. The zero-order valence-corrected chi connectivity index (χ0v) is 11.5. The Morgan fingerprint density at radius 1 is 1.40 bits per heavy atom. The molecule has 0 saturated carbocycles. The maximum atomic E-state index is 12.1. The number of hydrogen-bond acceptors (Lipinski definition) is 6. The summed E-state index contributed by atoms with van der Waals surface area (Å²) in [5.41, 5.74) is 1.38. The number of aryl methyl sites for hydroxylation is 1. The Morgan fingerprint density at radius 2 is 2.25 bits per heavy atom. The minimum Gasteiger partial charge on any atom is -0.370 e. The fourth-order valence-electron chi connectivity index (χ4n) is 1.76. The third kappa shape index (κ3) is 3.78. The third-order valence-electron chi connectivity index (χ3n) is 2.61. The second-order valence-corrected chi connectivity index (χ2v) is 4.27. The molecule has 0 aliphatic carbocycles. The summed E-state index contributed by atoms with van der Waals surface area (Å²) in [5, 5.41) is 9.60. The molecule has 2 N–H and O–H groups in total. The molecule has 0 aliphatic rings. The van der Waals surface area contributed by atoms with Crippen molar-refractivity contribution in [1.29, 1.82) is 0 Å². The van der Waals surface area contributed by atoms with Crippen LogP contribution in [0.25, 0.3) is 0 Å². The standard InChI is InChI=1S/C13H17N5O2/c1-3-14-12-7-10(6-9(2)17-12)13(19)15-5-4-11-16-8-20-18-11/h6-8H,3-5H2,1-2H3,(H,14,17)(H,15,19). The summed E-state index contributed by atoms with van der Waals surface area (Å²) in [4.78, 5) is 20.2. The highest BCUT2D eigenvalue weighted by Gasteiger charge is 2.08. The molecule has 0 spiro atoms. The Morgan fingerprint density at radius 3 is 2.95 bits per heavy atom. The van der Waals surface area contributed by atoms with Crippen molar-refractivity contribution < 1.29 is 9.32 Å². The summed E-state index contributed by atoms with van der Waals surface area (Å²) >= 11 is 0. The van der Waals surface area contributed by atoms with Crippen molar-refractivity contribution >= 4 is 11.7 Å². The van der Waals surface area contributed by atoms with E-state index >= 15 is 0 Å². The van der Waals surface area contributed by atoms with Crippen LogP contribution in [0, 0.1) is 6.92 Å². The molecular weight excluding hydrogens is 258 g/mol. The van der Waals surface area contributed by atoms with E-state index in [1.54, 1.807) is 12.1 Å². The number of pyridine rings is 1. The van der Waals surface area contributed by atoms with E-state index in [9.17, 15) is 4.79 Å². The number of carbonyl (C=O) groups is 1. The van der Waals surface area contributed by atoms with E-state index in [0.717, 1.165) is 12.2 Å². The van der Waals surface area contributed by atoms with Crippen molar-refractivity contribution in [3.63, 3.8) is 0 Å². The molecule has 0 saturated heterocycles. The zero-order chi connectivity index (χ0) is 14.4.